The van der Waals surface area contributed by atoms with Crippen molar-refractivity contribution < 1.29 is 4.74 Å². The molecular formula is C13H28N2O. The number of likely N-dealkylation sites (N-methyl/N-ethyl adjacent to an activating group) is 1. The van der Waals surface area contributed by atoms with Crippen molar-refractivity contribution >= 4 is 0 Å². The van der Waals surface area contributed by atoms with Crippen molar-refractivity contribution in [2.75, 3.05) is 33.9 Å². The van der Waals surface area contributed by atoms with E-state index < -0.39 is 0 Å². The van der Waals surface area contributed by atoms with E-state index in [2.05, 4.69) is 31.0 Å². The average molecular weight is 228 g/mol. The third-order valence-electron chi connectivity index (χ3n) is 3.95. The Labute approximate surface area is 101 Å². The Morgan fingerprint density at radius 3 is 2.62 bits per heavy atom. The largest absolute Gasteiger partial charge is 0.383 e. The van der Waals surface area contributed by atoms with Gasteiger partial charge < -0.3 is 10.1 Å². The molecule has 0 aromatic carbocycles. The number of nitrogens with zero attached hydrogens (tertiary/aromatic N) is 1. The van der Waals surface area contributed by atoms with Gasteiger partial charge in [0, 0.05) is 32.3 Å². The highest BCUT2D eigenvalue weighted by Gasteiger charge is 2.29. The summed E-state index contributed by atoms with van der Waals surface area (Å²) in [6.45, 7) is 10.2. The van der Waals surface area contributed by atoms with Gasteiger partial charge in [-0.3, -0.25) is 4.90 Å². The normalized spacial score (nSPS) is 33.9. The van der Waals surface area contributed by atoms with Crippen molar-refractivity contribution in [2.45, 2.75) is 39.3 Å². The smallest absolute Gasteiger partial charge is 0.0628 e. The van der Waals surface area contributed by atoms with Gasteiger partial charge >= 0.3 is 0 Å². The van der Waals surface area contributed by atoms with Gasteiger partial charge in [-0.05, 0) is 32.2 Å². The molecule has 0 radical (unpaired) electrons. The van der Waals surface area contributed by atoms with E-state index in [0.29, 0.717) is 12.1 Å². The number of likely N-dealkylation sites (tertiary alicyclic amines) is 1. The highest BCUT2D eigenvalue weighted by molar-refractivity contribution is 4.84. The van der Waals surface area contributed by atoms with Crippen LogP contribution in [0.1, 0.15) is 27.2 Å². The van der Waals surface area contributed by atoms with Crippen LogP contribution in [0.2, 0.25) is 0 Å². The van der Waals surface area contributed by atoms with E-state index in [1.807, 2.05) is 7.05 Å². The highest BCUT2D eigenvalue weighted by Crippen LogP contribution is 2.26. The molecule has 16 heavy (non-hydrogen) atoms. The van der Waals surface area contributed by atoms with Gasteiger partial charge in [0.05, 0.1) is 6.61 Å². The second-order valence-corrected chi connectivity index (χ2v) is 5.45. The Morgan fingerprint density at radius 2 is 2.06 bits per heavy atom. The SMILES string of the molecule is CNC(COC)CN1CC(C)CC(C)C1C. The summed E-state index contributed by atoms with van der Waals surface area (Å²) in [5.74, 6) is 1.63. The van der Waals surface area contributed by atoms with Crippen LogP contribution in [-0.4, -0.2) is 50.8 Å². The van der Waals surface area contributed by atoms with E-state index >= 15 is 0 Å². The number of methoxy groups -OCH3 is 1. The van der Waals surface area contributed by atoms with Gasteiger partial charge in [0.25, 0.3) is 0 Å². The molecule has 0 saturated carbocycles. The van der Waals surface area contributed by atoms with Crippen LogP contribution < -0.4 is 5.32 Å². The molecule has 0 amide bonds. The Morgan fingerprint density at radius 1 is 1.38 bits per heavy atom. The standard InChI is InChI=1S/C13H28N2O/c1-10-6-11(2)12(3)15(7-10)8-13(14-4)9-16-5/h10-14H,6-9H2,1-5H3. The Bertz CT molecular complexity index is 198. The quantitative estimate of drug-likeness (QED) is 0.773. The second-order valence-electron chi connectivity index (χ2n) is 5.45. The minimum absolute atomic E-state index is 0.449. The average Bonchev–Trinajstić information content (AvgIpc) is 2.24. The number of rotatable bonds is 5. The molecule has 1 fully saturated rings. The van der Waals surface area contributed by atoms with Crippen LogP contribution in [0.15, 0.2) is 0 Å². The Kier molecular flexibility index (Phi) is 5.73. The Balaban J connectivity index is 2.49. The first-order chi connectivity index (χ1) is 7.58. The zero-order valence-electron chi connectivity index (χ0n) is 11.5. The molecular weight excluding hydrogens is 200 g/mol. The molecule has 1 rings (SSSR count). The molecule has 3 heteroatoms. The summed E-state index contributed by atoms with van der Waals surface area (Å²) in [4.78, 5) is 2.61. The van der Waals surface area contributed by atoms with Crippen molar-refractivity contribution in [3.63, 3.8) is 0 Å². The van der Waals surface area contributed by atoms with E-state index in [1.165, 1.54) is 13.0 Å². The maximum atomic E-state index is 5.24. The van der Waals surface area contributed by atoms with Crippen LogP contribution >= 0.6 is 0 Å². The molecule has 1 N–H and O–H groups in total. The molecule has 1 heterocycles. The van der Waals surface area contributed by atoms with Crippen LogP contribution in [0.3, 0.4) is 0 Å². The zero-order valence-corrected chi connectivity index (χ0v) is 11.5. The van der Waals surface area contributed by atoms with Crippen molar-refractivity contribution in [3.8, 4) is 0 Å². The van der Waals surface area contributed by atoms with Crippen LogP contribution in [0.25, 0.3) is 0 Å². The monoisotopic (exact) mass is 228 g/mol. The first-order valence-electron chi connectivity index (χ1n) is 6.48. The van der Waals surface area contributed by atoms with Gasteiger partial charge in [0.2, 0.25) is 0 Å². The van der Waals surface area contributed by atoms with Gasteiger partial charge in [-0.15, -0.1) is 0 Å². The number of hydrogen-bond donors (Lipinski definition) is 1. The zero-order chi connectivity index (χ0) is 12.1. The molecule has 4 atom stereocenters. The van der Waals surface area contributed by atoms with E-state index in [9.17, 15) is 0 Å². The van der Waals surface area contributed by atoms with E-state index in [-0.39, 0.29) is 0 Å². The molecule has 96 valence electrons. The topological polar surface area (TPSA) is 24.5 Å². The molecule has 1 aliphatic heterocycles. The predicted octanol–water partition coefficient (Wildman–Crippen LogP) is 1.59. The summed E-state index contributed by atoms with van der Waals surface area (Å²) in [5, 5.41) is 3.33. The van der Waals surface area contributed by atoms with Gasteiger partial charge in [-0.1, -0.05) is 13.8 Å². The molecule has 0 spiro atoms. The van der Waals surface area contributed by atoms with Crippen molar-refractivity contribution in [2.24, 2.45) is 11.8 Å². The summed E-state index contributed by atoms with van der Waals surface area (Å²) in [6.07, 6.45) is 1.37. The van der Waals surface area contributed by atoms with Crippen molar-refractivity contribution in [1.29, 1.82) is 0 Å². The van der Waals surface area contributed by atoms with Gasteiger partial charge in [0.15, 0.2) is 0 Å². The molecule has 0 aromatic heterocycles. The number of hydrogen-bond acceptors (Lipinski definition) is 3. The third kappa shape index (κ3) is 3.72. The fourth-order valence-electron chi connectivity index (χ4n) is 2.79. The summed E-state index contributed by atoms with van der Waals surface area (Å²) in [5.41, 5.74) is 0. The molecule has 0 aromatic rings. The lowest BCUT2D eigenvalue weighted by Gasteiger charge is -2.42. The first kappa shape index (κ1) is 13.9. The first-order valence-corrected chi connectivity index (χ1v) is 6.48. The fourth-order valence-corrected chi connectivity index (χ4v) is 2.79. The minimum atomic E-state index is 0.449. The van der Waals surface area contributed by atoms with E-state index in [4.69, 9.17) is 4.74 Å². The lowest BCUT2D eigenvalue weighted by molar-refractivity contribution is 0.0567. The van der Waals surface area contributed by atoms with Gasteiger partial charge in [0.1, 0.15) is 0 Å². The molecule has 0 bridgehead atoms. The second kappa shape index (κ2) is 6.58. The summed E-state index contributed by atoms with van der Waals surface area (Å²) < 4.78 is 5.24. The van der Waals surface area contributed by atoms with Gasteiger partial charge in [-0.25, -0.2) is 0 Å². The summed E-state index contributed by atoms with van der Waals surface area (Å²) in [7, 11) is 3.79. The van der Waals surface area contributed by atoms with Crippen LogP contribution in [0, 0.1) is 11.8 Å². The van der Waals surface area contributed by atoms with Crippen LogP contribution in [-0.2, 0) is 4.74 Å². The summed E-state index contributed by atoms with van der Waals surface area (Å²) in [6, 6.07) is 1.15. The minimum Gasteiger partial charge on any atom is -0.383 e. The maximum absolute atomic E-state index is 5.24. The molecule has 3 nitrogen and oxygen atoms in total. The fraction of sp³-hybridized carbons (Fsp3) is 1.00. The lowest BCUT2D eigenvalue weighted by Crippen LogP contribution is -2.51. The van der Waals surface area contributed by atoms with Crippen molar-refractivity contribution in [1.82, 2.24) is 10.2 Å². The van der Waals surface area contributed by atoms with Crippen molar-refractivity contribution in [3.05, 3.63) is 0 Å². The van der Waals surface area contributed by atoms with E-state index in [1.54, 1.807) is 7.11 Å². The van der Waals surface area contributed by atoms with E-state index in [0.717, 1.165) is 25.0 Å². The predicted molar refractivity (Wildman–Crippen MR) is 68.7 cm³/mol. The Hall–Kier alpha value is -0.120. The molecule has 0 aliphatic carbocycles. The third-order valence-corrected chi connectivity index (χ3v) is 3.95. The molecule has 1 saturated heterocycles. The van der Waals surface area contributed by atoms with Gasteiger partial charge in [-0.2, -0.15) is 0 Å². The van der Waals surface area contributed by atoms with Crippen LogP contribution in [0.5, 0.6) is 0 Å². The summed E-state index contributed by atoms with van der Waals surface area (Å²) >= 11 is 0. The number of nitrogens with one attached hydrogen (secondary N) is 1. The number of piperidine rings is 1. The highest BCUT2D eigenvalue weighted by atomic mass is 16.5. The molecule has 1 aliphatic rings. The van der Waals surface area contributed by atoms with Crippen LogP contribution in [0.4, 0.5) is 0 Å². The lowest BCUT2D eigenvalue weighted by atomic mass is 9.86. The number of ether oxygens (including phenoxy) is 1. The maximum Gasteiger partial charge on any atom is 0.0628 e. The molecule has 4 unspecified atom stereocenters.